The van der Waals surface area contributed by atoms with Gasteiger partial charge in [0.15, 0.2) is 5.82 Å². The maximum absolute atomic E-state index is 14.2. The van der Waals surface area contributed by atoms with E-state index in [0.717, 1.165) is 23.0 Å². The lowest BCUT2D eigenvalue weighted by molar-refractivity contribution is -0.116. The van der Waals surface area contributed by atoms with Crippen LogP contribution in [-0.4, -0.2) is 21.1 Å². The lowest BCUT2D eigenvalue weighted by Crippen LogP contribution is -2.24. The number of rotatable bonds is 2. The fourth-order valence-corrected chi connectivity index (χ4v) is 3.15. The molecule has 0 saturated carbocycles. The zero-order valence-electron chi connectivity index (χ0n) is 12.4. The maximum Gasteiger partial charge on any atom is 0.226 e. The summed E-state index contributed by atoms with van der Waals surface area (Å²) in [5.74, 6) is -0.636. The Bertz CT molecular complexity index is 923. The first-order chi connectivity index (χ1) is 11.6. The molecule has 0 bridgehead atoms. The standard InChI is InChI=1S/C17H12ClFN4O/c18-10-3-1-9(2-4-10)16-15-12(11-5-6-20-8-13(11)19)7-14(24)21-17(15)23-22-16/h1-6,8,12H,7H2,(H2,21,22,23,24). The van der Waals surface area contributed by atoms with Crippen LogP contribution in [0.5, 0.6) is 0 Å². The fourth-order valence-electron chi connectivity index (χ4n) is 3.03. The number of nitrogens with zero attached hydrogens (tertiary/aromatic N) is 2. The summed E-state index contributed by atoms with van der Waals surface area (Å²) in [6.45, 7) is 0. The molecule has 1 atom stereocenters. The minimum atomic E-state index is -0.439. The molecule has 0 saturated heterocycles. The molecule has 1 unspecified atom stereocenters. The number of aromatic amines is 1. The van der Waals surface area contributed by atoms with E-state index < -0.39 is 11.7 Å². The van der Waals surface area contributed by atoms with Gasteiger partial charge in [-0.2, -0.15) is 5.10 Å². The summed E-state index contributed by atoms with van der Waals surface area (Å²) in [6.07, 6.45) is 2.82. The van der Waals surface area contributed by atoms with E-state index in [0.29, 0.717) is 16.4 Å². The summed E-state index contributed by atoms with van der Waals surface area (Å²) in [5, 5.41) is 10.5. The van der Waals surface area contributed by atoms with Crippen molar-refractivity contribution in [1.29, 1.82) is 0 Å². The van der Waals surface area contributed by atoms with Crippen molar-refractivity contribution in [1.82, 2.24) is 15.2 Å². The Kier molecular flexibility index (Phi) is 3.54. The number of H-pyrrole nitrogens is 1. The average Bonchev–Trinajstić information content (AvgIpc) is 2.99. The van der Waals surface area contributed by atoms with Gasteiger partial charge < -0.3 is 5.32 Å². The molecule has 2 aromatic heterocycles. The number of amides is 1. The van der Waals surface area contributed by atoms with Gasteiger partial charge in [-0.15, -0.1) is 0 Å². The van der Waals surface area contributed by atoms with Crippen molar-refractivity contribution in [2.75, 3.05) is 5.32 Å². The quantitative estimate of drug-likeness (QED) is 0.745. The highest BCUT2D eigenvalue weighted by molar-refractivity contribution is 6.30. The second-order valence-electron chi connectivity index (χ2n) is 5.57. The van der Waals surface area contributed by atoms with Gasteiger partial charge in [-0.1, -0.05) is 23.7 Å². The molecular weight excluding hydrogens is 331 g/mol. The first-order valence-electron chi connectivity index (χ1n) is 7.37. The van der Waals surface area contributed by atoms with Crippen LogP contribution in [0.2, 0.25) is 5.02 Å². The van der Waals surface area contributed by atoms with Gasteiger partial charge in [0.25, 0.3) is 0 Å². The van der Waals surface area contributed by atoms with Crippen molar-refractivity contribution in [2.45, 2.75) is 12.3 Å². The topological polar surface area (TPSA) is 70.7 Å². The molecule has 1 amide bonds. The lowest BCUT2D eigenvalue weighted by Gasteiger charge is -2.23. The molecule has 1 aromatic carbocycles. The van der Waals surface area contributed by atoms with Crippen LogP contribution in [0.3, 0.4) is 0 Å². The Morgan fingerprint density at radius 3 is 2.75 bits per heavy atom. The van der Waals surface area contributed by atoms with Crippen molar-refractivity contribution >= 4 is 23.3 Å². The third-order valence-electron chi connectivity index (χ3n) is 4.11. The molecule has 2 N–H and O–H groups in total. The van der Waals surface area contributed by atoms with Crippen molar-refractivity contribution in [3.8, 4) is 11.3 Å². The summed E-state index contributed by atoms with van der Waals surface area (Å²) >= 11 is 5.94. The molecule has 3 aromatic rings. The molecule has 1 aliphatic heterocycles. The molecule has 3 heterocycles. The molecule has 0 aliphatic carbocycles. The number of hydrogen-bond donors (Lipinski definition) is 2. The molecule has 1 aliphatic rings. The van der Waals surface area contributed by atoms with Gasteiger partial charge in [0.2, 0.25) is 5.91 Å². The van der Waals surface area contributed by atoms with Crippen LogP contribution in [0, 0.1) is 5.82 Å². The average molecular weight is 343 g/mol. The number of nitrogens with one attached hydrogen (secondary N) is 2. The summed E-state index contributed by atoms with van der Waals surface area (Å²) in [7, 11) is 0. The smallest absolute Gasteiger partial charge is 0.226 e. The molecule has 0 radical (unpaired) electrons. The van der Waals surface area contributed by atoms with E-state index in [1.807, 2.05) is 12.1 Å². The Morgan fingerprint density at radius 2 is 2.00 bits per heavy atom. The highest BCUT2D eigenvalue weighted by Gasteiger charge is 2.33. The molecule has 4 rings (SSSR count). The molecule has 7 heteroatoms. The number of carbonyl (C=O) groups excluding carboxylic acids is 1. The van der Waals surface area contributed by atoms with E-state index in [1.54, 1.807) is 18.2 Å². The highest BCUT2D eigenvalue weighted by atomic mass is 35.5. The number of benzene rings is 1. The van der Waals surface area contributed by atoms with Gasteiger partial charge in [-0.25, -0.2) is 4.39 Å². The van der Waals surface area contributed by atoms with Crippen LogP contribution in [0.4, 0.5) is 10.2 Å². The second-order valence-corrected chi connectivity index (χ2v) is 6.01. The monoisotopic (exact) mass is 342 g/mol. The number of pyridine rings is 1. The van der Waals surface area contributed by atoms with Gasteiger partial charge in [-0.05, 0) is 23.8 Å². The number of halogens is 2. The molecule has 0 spiro atoms. The molecular formula is C17H12ClFN4O. The molecule has 0 fully saturated rings. The summed E-state index contributed by atoms with van der Waals surface area (Å²) in [4.78, 5) is 15.8. The van der Waals surface area contributed by atoms with Crippen LogP contribution in [0.15, 0.2) is 42.7 Å². The first kappa shape index (κ1) is 14.8. The van der Waals surface area contributed by atoms with E-state index >= 15 is 0 Å². The number of fused-ring (bicyclic) bond motifs is 1. The van der Waals surface area contributed by atoms with E-state index in [1.165, 1.54) is 6.20 Å². The summed E-state index contributed by atoms with van der Waals surface area (Å²) in [5.41, 5.74) is 2.80. The van der Waals surface area contributed by atoms with Crippen molar-refractivity contribution < 1.29 is 9.18 Å². The fraction of sp³-hybridized carbons (Fsp3) is 0.118. The minimum Gasteiger partial charge on any atom is -0.309 e. The Balaban J connectivity index is 1.89. The van der Waals surface area contributed by atoms with Crippen molar-refractivity contribution in [3.63, 3.8) is 0 Å². The number of anilines is 1. The summed E-state index contributed by atoms with van der Waals surface area (Å²) < 4.78 is 14.2. The van der Waals surface area contributed by atoms with E-state index in [9.17, 15) is 9.18 Å². The third kappa shape index (κ3) is 2.45. The second kappa shape index (κ2) is 5.72. The molecule has 120 valence electrons. The zero-order valence-corrected chi connectivity index (χ0v) is 13.1. The highest BCUT2D eigenvalue weighted by Crippen LogP contribution is 2.42. The molecule has 5 nitrogen and oxygen atoms in total. The van der Waals surface area contributed by atoms with Crippen LogP contribution < -0.4 is 5.32 Å². The van der Waals surface area contributed by atoms with Gasteiger partial charge in [0.05, 0.1) is 11.9 Å². The van der Waals surface area contributed by atoms with Crippen LogP contribution in [0.1, 0.15) is 23.5 Å². The third-order valence-corrected chi connectivity index (χ3v) is 4.36. The SMILES string of the molecule is O=C1CC(c2ccncc2F)c2c(n[nH]c2-c2ccc(Cl)cc2)N1. The van der Waals surface area contributed by atoms with Gasteiger partial charge in [0, 0.05) is 34.7 Å². The first-order valence-corrected chi connectivity index (χ1v) is 7.74. The maximum atomic E-state index is 14.2. The van der Waals surface area contributed by atoms with E-state index in [2.05, 4.69) is 20.5 Å². The van der Waals surface area contributed by atoms with E-state index in [4.69, 9.17) is 11.6 Å². The van der Waals surface area contributed by atoms with Gasteiger partial charge in [0.1, 0.15) is 5.82 Å². The minimum absolute atomic E-state index is 0.147. The normalized spacial score (nSPS) is 16.6. The van der Waals surface area contributed by atoms with E-state index in [-0.39, 0.29) is 12.3 Å². The number of carbonyl (C=O) groups is 1. The zero-order chi connectivity index (χ0) is 16.7. The van der Waals surface area contributed by atoms with Crippen molar-refractivity contribution in [3.05, 3.63) is 64.7 Å². The van der Waals surface area contributed by atoms with Crippen LogP contribution in [0.25, 0.3) is 11.3 Å². The predicted octanol–water partition coefficient (Wildman–Crippen LogP) is 3.74. The largest absolute Gasteiger partial charge is 0.309 e. The lowest BCUT2D eigenvalue weighted by atomic mass is 9.84. The Hall–Kier alpha value is -2.73. The Labute approximate surface area is 141 Å². The van der Waals surface area contributed by atoms with Gasteiger partial charge in [-0.3, -0.25) is 14.9 Å². The van der Waals surface area contributed by atoms with Crippen LogP contribution >= 0.6 is 11.6 Å². The van der Waals surface area contributed by atoms with Gasteiger partial charge >= 0.3 is 0 Å². The summed E-state index contributed by atoms with van der Waals surface area (Å²) in [6, 6.07) is 8.85. The van der Waals surface area contributed by atoms with Crippen LogP contribution in [-0.2, 0) is 4.79 Å². The Morgan fingerprint density at radius 1 is 1.21 bits per heavy atom. The molecule has 24 heavy (non-hydrogen) atoms. The van der Waals surface area contributed by atoms with Crippen molar-refractivity contribution in [2.24, 2.45) is 0 Å². The predicted molar refractivity (Wildman–Crippen MR) is 88.3 cm³/mol. The number of hydrogen-bond acceptors (Lipinski definition) is 3. The number of aromatic nitrogens is 3.